The predicted molar refractivity (Wildman–Crippen MR) is 53.3 cm³/mol. The highest BCUT2D eigenvalue weighted by Gasteiger charge is 2.53. The number of nitrogens with zero attached hydrogens (tertiary/aromatic N) is 2. The average molecular weight is 209 g/mol. The molecule has 1 rings (SSSR count). The van der Waals surface area contributed by atoms with Gasteiger partial charge in [-0.3, -0.25) is 9.59 Å². The number of carbonyl (C=O) groups excluding carboxylic acids is 2. The van der Waals surface area contributed by atoms with Gasteiger partial charge in [0.25, 0.3) is 0 Å². The smallest absolute Gasteiger partial charge is 0.243 e. The molecule has 0 aliphatic heterocycles. The van der Waals surface area contributed by atoms with Crippen LogP contribution in [0, 0.1) is 16.7 Å². The molecule has 82 valence electrons. The van der Waals surface area contributed by atoms with Crippen LogP contribution < -0.4 is 5.73 Å². The molecule has 5 nitrogen and oxygen atoms in total. The van der Waals surface area contributed by atoms with Crippen molar-refractivity contribution in [3.63, 3.8) is 0 Å². The molecule has 1 saturated carbocycles. The van der Waals surface area contributed by atoms with Crippen molar-refractivity contribution in [3.8, 4) is 6.07 Å². The first kappa shape index (κ1) is 11.5. The first-order valence-electron chi connectivity index (χ1n) is 4.93. The van der Waals surface area contributed by atoms with Crippen molar-refractivity contribution in [2.45, 2.75) is 32.7 Å². The second kappa shape index (κ2) is 3.89. The molecule has 15 heavy (non-hydrogen) atoms. The highest BCUT2D eigenvalue weighted by molar-refractivity contribution is 5.91. The Morgan fingerprint density at radius 3 is 2.33 bits per heavy atom. The molecule has 0 saturated heterocycles. The van der Waals surface area contributed by atoms with Crippen LogP contribution in [0.2, 0.25) is 0 Å². The van der Waals surface area contributed by atoms with Gasteiger partial charge in [0.1, 0.15) is 5.41 Å². The quantitative estimate of drug-likeness (QED) is 0.707. The van der Waals surface area contributed by atoms with E-state index in [0.29, 0.717) is 12.8 Å². The van der Waals surface area contributed by atoms with Crippen LogP contribution in [0.25, 0.3) is 0 Å². The molecule has 1 fully saturated rings. The van der Waals surface area contributed by atoms with Gasteiger partial charge in [0.15, 0.2) is 0 Å². The van der Waals surface area contributed by atoms with Gasteiger partial charge in [0.2, 0.25) is 11.8 Å². The standard InChI is InChI=1S/C10H15N3O2/c1-7(2)13(5-8(12)14)9(15)10(6-11)3-4-10/h7H,3-5H2,1-2H3,(H2,12,14). The Labute approximate surface area is 88.8 Å². The lowest BCUT2D eigenvalue weighted by Crippen LogP contribution is -2.46. The molecule has 2 N–H and O–H groups in total. The minimum Gasteiger partial charge on any atom is -0.368 e. The van der Waals surface area contributed by atoms with Crippen molar-refractivity contribution in [2.24, 2.45) is 11.1 Å². The Hall–Kier alpha value is -1.57. The van der Waals surface area contributed by atoms with Gasteiger partial charge in [0.05, 0.1) is 12.6 Å². The fourth-order valence-corrected chi connectivity index (χ4v) is 1.43. The molecule has 0 unspecified atom stereocenters. The summed E-state index contributed by atoms with van der Waals surface area (Å²) in [4.78, 5) is 24.1. The molecule has 0 atom stereocenters. The fourth-order valence-electron chi connectivity index (χ4n) is 1.43. The summed E-state index contributed by atoms with van der Waals surface area (Å²) in [7, 11) is 0. The predicted octanol–water partition coefficient (Wildman–Crippen LogP) is 0.0125. The van der Waals surface area contributed by atoms with E-state index in [4.69, 9.17) is 11.0 Å². The van der Waals surface area contributed by atoms with E-state index in [1.807, 2.05) is 6.07 Å². The maximum atomic E-state index is 11.9. The lowest BCUT2D eigenvalue weighted by Gasteiger charge is -2.27. The maximum Gasteiger partial charge on any atom is 0.243 e. The second-order valence-electron chi connectivity index (χ2n) is 4.19. The van der Waals surface area contributed by atoms with E-state index in [1.165, 1.54) is 4.90 Å². The van der Waals surface area contributed by atoms with Crippen LogP contribution in [0.5, 0.6) is 0 Å². The molecule has 1 aliphatic rings. The van der Waals surface area contributed by atoms with Crippen LogP contribution in [0.4, 0.5) is 0 Å². The van der Waals surface area contributed by atoms with Gasteiger partial charge in [-0.2, -0.15) is 5.26 Å². The summed E-state index contributed by atoms with van der Waals surface area (Å²) in [6, 6.07) is 1.90. The Morgan fingerprint density at radius 2 is 2.07 bits per heavy atom. The third kappa shape index (κ3) is 2.27. The Bertz CT molecular complexity index is 326. The number of nitriles is 1. The van der Waals surface area contributed by atoms with Crippen LogP contribution in [-0.4, -0.2) is 29.3 Å². The SMILES string of the molecule is CC(C)N(CC(N)=O)C(=O)C1(C#N)CC1. The number of hydrogen-bond acceptors (Lipinski definition) is 3. The van der Waals surface area contributed by atoms with Gasteiger partial charge in [-0.1, -0.05) is 0 Å². The maximum absolute atomic E-state index is 11.9. The molecular formula is C10H15N3O2. The molecule has 0 bridgehead atoms. The number of primary amides is 1. The summed E-state index contributed by atoms with van der Waals surface area (Å²) >= 11 is 0. The summed E-state index contributed by atoms with van der Waals surface area (Å²) in [6.07, 6.45) is 1.18. The van der Waals surface area contributed by atoms with Crippen molar-refractivity contribution in [1.29, 1.82) is 5.26 Å². The molecule has 0 aromatic heterocycles. The Morgan fingerprint density at radius 1 is 1.53 bits per heavy atom. The summed E-state index contributed by atoms with van der Waals surface area (Å²) in [5.41, 5.74) is 4.18. The molecule has 0 radical (unpaired) electrons. The van der Waals surface area contributed by atoms with Crippen LogP contribution in [0.3, 0.4) is 0 Å². The van der Waals surface area contributed by atoms with Crippen molar-refractivity contribution in [1.82, 2.24) is 4.90 Å². The minimum absolute atomic E-state index is 0.111. The summed E-state index contributed by atoms with van der Waals surface area (Å²) in [5, 5.41) is 8.88. The average Bonchev–Trinajstić information content (AvgIpc) is 2.93. The number of hydrogen-bond donors (Lipinski definition) is 1. The van der Waals surface area contributed by atoms with E-state index in [1.54, 1.807) is 13.8 Å². The van der Waals surface area contributed by atoms with E-state index < -0.39 is 11.3 Å². The zero-order valence-corrected chi connectivity index (χ0v) is 8.99. The Balaban J connectivity index is 2.77. The lowest BCUT2D eigenvalue weighted by atomic mass is 10.1. The first-order valence-corrected chi connectivity index (χ1v) is 4.93. The molecule has 0 aromatic rings. The van der Waals surface area contributed by atoms with Crippen LogP contribution in [-0.2, 0) is 9.59 Å². The molecule has 1 aliphatic carbocycles. The van der Waals surface area contributed by atoms with Gasteiger partial charge >= 0.3 is 0 Å². The van der Waals surface area contributed by atoms with Gasteiger partial charge in [0, 0.05) is 6.04 Å². The monoisotopic (exact) mass is 209 g/mol. The summed E-state index contributed by atoms with van der Waals surface area (Å²) < 4.78 is 0. The molecule has 0 aromatic carbocycles. The van der Waals surface area contributed by atoms with Crippen molar-refractivity contribution < 1.29 is 9.59 Å². The van der Waals surface area contributed by atoms with Crippen molar-refractivity contribution >= 4 is 11.8 Å². The van der Waals surface area contributed by atoms with Crippen LogP contribution >= 0.6 is 0 Å². The van der Waals surface area contributed by atoms with E-state index in [9.17, 15) is 9.59 Å². The summed E-state index contributed by atoms with van der Waals surface area (Å²) in [5.74, 6) is -0.815. The minimum atomic E-state index is -0.875. The molecular weight excluding hydrogens is 194 g/mol. The van der Waals surface area contributed by atoms with E-state index >= 15 is 0 Å². The number of nitrogens with two attached hydrogens (primary N) is 1. The van der Waals surface area contributed by atoms with Crippen LogP contribution in [0.15, 0.2) is 0 Å². The molecule has 2 amide bonds. The lowest BCUT2D eigenvalue weighted by molar-refractivity contribution is -0.140. The fraction of sp³-hybridized carbons (Fsp3) is 0.700. The van der Waals surface area contributed by atoms with E-state index in [-0.39, 0.29) is 18.5 Å². The normalized spacial score (nSPS) is 16.9. The number of carbonyl (C=O) groups is 2. The third-order valence-corrected chi connectivity index (χ3v) is 2.58. The topological polar surface area (TPSA) is 87.2 Å². The number of amides is 2. The zero-order chi connectivity index (χ0) is 11.6. The van der Waals surface area contributed by atoms with Crippen molar-refractivity contribution in [2.75, 3.05) is 6.54 Å². The summed E-state index contributed by atoms with van der Waals surface area (Å²) in [6.45, 7) is 3.49. The van der Waals surface area contributed by atoms with E-state index in [2.05, 4.69) is 0 Å². The highest BCUT2D eigenvalue weighted by atomic mass is 16.2. The van der Waals surface area contributed by atoms with Gasteiger partial charge in [-0.05, 0) is 26.7 Å². The van der Waals surface area contributed by atoms with Gasteiger partial charge < -0.3 is 10.6 Å². The second-order valence-corrected chi connectivity index (χ2v) is 4.19. The van der Waals surface area contributed by atoms with Gasteiger partial charge in [-0.15, -0.1) is 0 Å². The number of rotatable bonds is 4. The van der Waals surface area contributed by atoms with E-state index in [0.717, 1.165) is 0 Å². The van der Waals surface area contributed by atoms with Gasteiger partial charge in [-0.25, -0.2) is 0 Å². The highest BCUT2D eigenvalue weighted by Crippen LogP contribution is 2.46. The zero-order valence-electron chi connectivity index (χ0n) is 8.99. The first-order chi connectivity index (χ1) is 6.93. The molecule has 5 heteroatoms. The Kier molecular flexibility index (Phi) is 2.98. The largest absolute Gasteiger partial charge is 0.368 e. The third-order valence-electron chi connectivity index (χ3n) is 2.58. The van der Waals surface area contributed by atoms with Crippen molar-refractivity contribution in [3.05, 3.63) is 0 Å². The molecule has 0 heterocycles. The molecule has 0 spiro atoms. The van der Waals surface area contributed by atoms with Crippen LogP contribution in [0.1, 0.15) is 26.7 Å².